The maximum absolute atomic E-state index is 13.7. The van der Waals surface area contributed by atoms with Crippen molar-refractivity contribution in [2.24, 2.45) is 11.8 Å². The number of carbonyl (C=O) groups excluding carboxylic acids is 1. The molecule has 34 heavy (non-hydrogen) atoms. The molecule has 1 amide bonds. The number of hydrogen-bond acceptors (Lipinski definition) is 6. The van der Waals surface area contributed by atoms with Gasteiger partial charge in [0.15, 0.2) is 11.5 Å². The first kappa shape index (κ1) is 27.3. The summed E-state index contributed by atoms with van der Waals surface area (Å²) in [6.07, 6.45) is 2.48. The Balaban J connectivity index is 0.00000324. The summed E-state index contributed by atoms with van der Waals surface area (Å²) in [4.78, 5) is 11.8. The number of nitrogens with one attached hydrogen (secondary N) is 1. The summed E-state index contributed by atoms with van der Waals surface area (Å²) in [5, 5.41) is 11.3. The minimum absolute atomic E-state index is 0. The van der Waals surface area contributed by atoms with Gasteiger partial charge in [0.25, 0.3) is 0 Å². The SMILES string of the molecule is O=C(N[O-])C1CCC(CN(Cc2ccc(Cl)cc2)S(=O)(=O)c2ccc3c(c2)OCCO3)CC1.[Na+]. The third-order valence-corrected chi connectivity index (χ3v) is 8.26. The van der Waals surface area contributed by atoms with Gasteiger partial charge in [-0.2, -0.15) is 4.31 Å². The molecule has 0 spiro atoms. The smallest absolute Gasteiger partial charge is 0.759 e. The number of halogens is 1. The first-order valence-corrected chi connectivity index (χ1v) is 12.7. The molecule has 0 atom stereocenters. The maximum Gasteiger partial charge on any atom is 1.00 e. The van der Waals surface area contributed by atoms with Crippen molar-refractivity contribution in [3.05, 3.63) is 58.3 Å². The fourth-order valence-corrected chi connectivity index (χ4v) is 6.00. The first-order valence-electron chi connectivity index (χ1n) is 10.9. The Kier molecular flexibility index (Phi) is 9.68. The Bertz CT molecular complexity index is 1090. The van der Waals surface area contributed by atoms with E-state index >= 15 is 0 Å². The number of rotatable bonds is 7. The topological polar surface area (TPSA) is 108 Å². The fourth-order valence-electron chi connectivity index (χ4n) is 4.35. The van der Waals surface area contributed by atoms with Gasteiger partial charge in [-0.15, -0.1) is 0 Å². The summed E-state index contributed by atoms with van der Waals surface area (Å²) in [5.74, 6) is 0.227. The number of hydrogen-bond donors (Lipinski definition) is 1. The van der Waals surface area contributed by atoms with Crippen LogP contribution in [0.15, 0.2) is 47.4 Å². The van der Waals surface area contributed by atoms with Gasteiger partial charge in [0, 0.05) is 30.1 Å². The predicted molar refractivity (Wildman–Crippen MR) is 123 cm³/mol. The predicted octanol–water partition coefficient (Wildman–Crippen LogP) is 0.726. The molecule has 0 bridgehead atoms. The molecule has 178 valence electrons. The molecule has 2 aromatic carbocycles. The van der Waals surface area contributed by atoms with Crippen molar-refractivity contribution < 1.29 is 52.2 Å². The summed E-state index contributed by atoms with van der Waals surface area (Å²) in [7, 11) is -3.84. The van der Waals surface area contributed by atoms with Crippen molar-refractivity contribution in [3.8, 4) is 11.5 Å². The molecular formula is C23H26ClN2NaO6S. The summed E-state index contributed by atoms with van der Waals surface area (Å²) in [6.45, 7) is 1.29. The molecule has 0 radical (unpaired) electrons. The number of fused-ring (bicyclic) bond motifs is 1. The maximum atomic E-state index is 13.7. The van der Waals surface area contributed by atoms with Crippen molar-refractivity contribution in [1.29, 1.82) is 0 Å². The molecule has 1 saturated carbocycles. The number of sulfonamides is 1. The van der Waals surface area contributed by atoms with E-state index in [0.717, 1.165) is 5.56 Å². The molecule has 2 aliphatic rings. The van der Waals surface area contributed by atoms with Gasteiger partial charge in [-0.25, -0.2) is 8.42 Å². The van der Waals surface area contributed by atoms with Gasteiger partial charge in [0.05, 0.1) is 4.90 Å². The number of hydroxylamine groups is 1. The van der Waals surface area contributed by atoms with Crippen LogP contribution in [0.2, 0.25) is 5.02 Å². The van der Waals surface area contributed by atoms with Crippen molar-refractivity contribution in [2.75, 3.05) is 19.8 Å². The second kappa shape index (κ2) is 12.1. The van der Waals surface area contributed by atoms with E-state index in [-0.39, 0.29) is 52.8 Å². The van der Waals surface area contributed by atoms with Crippen LogP contribution in [-0.4, -0.2) is 38.4 Å². The molecule has 0 saturated heterocycles. The third-order valence-electron chi connectivity index (χ3n) is 6.20. The zero-order valence-electron chi connectivity index (χ0n) is 19.0. The Morgan fingerprint density at radius 2 is 1.68 bits per heavy atom. The average Bonchev–Trinajstić information content (AvgIpc) is 2.84. The third kappa shape index (κ3) is 6.46. The van der Waals surface area contributed by atoms with E-state index in [2.05, 4.69) is 0 Å². The van der Waals surface area contributed by atoms with Crippen LogP contribution in [0.25, 0.3) is 0 Å². The van der Waals surface area contributed by atoms with Gasteiger partial charge in [0.2, 0.25) is 15.9 Å². The summed E-state index contributed by atoms with van der Waals surface area (Å²) < 4.78 is 39.9. The van der Waals surface area contributed by atoms with E-state index in [1.54, 1.807) is 18.2 Å². The van der Waals surface area contributed by atoms with Crippen molar-refractivity contribution in [2.45, 2.75) is 37.1 Å². The van der Waals surface area contributed by atoms with Crippen LogP contribution < -0.4 is 44.5 Å². The first-order chi connectivity index (χ1) is 15.9. The minimum Gasteiger partial charge on any atom is -0.759 e. The van der Waals surface area contributed by atoms with E-state index in [1.165, 1.54) is 21.9 Å². The monoisotopic (exact) mass is 516 g/mol. The molecule has 1 heterocycles. The molecular weight excluding hydrogens is 491 g/mol. The van der Waals surface area contributed by atoms with Crippen molar-refractivity contribution in [3.63, 3.8) is 0 Å². The van der Waals surface area contributed by atoms with E-state index in [1.807, 2.05) is 12.1 Å². The van der Waals surface area contributed by atoms with Gasteiger partial charge >= 0.3 is 29.6 Å². The quantitative estimate of drug-likeness (QED) is 0.429. The van der Waals surface area contributed by atoms with E-state index in [0.29, 0.717) is 62.0 Å². The van der Waals surface area contributed by atoms with E-state index in [9.17, 15) is 18.4 Å². The van der Waals surface area contributed by atoms with Gasteiger partial charge in [-0.1, -0.05) is 23.7 Å². The second-order valence-electron chi connectivity index (χ2n) is 8.41. The Hall–Kier alpha value is -1.33. The van der Waals surface area contributed by atoms with E-state index < -0.39 is 15.9 Å². The second-order valence-corrected chi connectivity index (χ2v) is 10.8. The molecule has 1 aliphatic carbocycles. The number of ether oxygens (including phenoxy) is 2. The van der Waals surface area contributed by atoms with Crippen LogP contribution in [0.1, 0.15) is 31.2 Å². The van der Waals surface area contributed by atoms with Gasteiger partial charge in [0.1, 0.15) is 13.2 Å². The molecule has 2 aromatic rings. The van der Waals surface area contributed by atoms with E-state index in [4.69, 9.17) is 21.1 Å². The van der Waals surface area contributed by atoms with Crippen molar-refractivity contribution >= 4 is 27.5 Å². The van der Waals surface area contributed by atoms with Crippen LogP contribution in [0.3, 0.4) is 0 Å². The minimum atomic E-state index is -3.84. The van der Waals surface area contributed by atoms with Crippen LogP contribution in [-0.2, 0) is 21.4 Å². The molecule has 4 rings (SSSR count). The molecule has 8 nitrogen and oxygen atoms in total. The van der Waals surface area contributed by atoms with Crippen molar-refractivity contribution in [1.82, 2.24) is 9.79 Å². The zero-order chi connectivity index (χ0) is 23.4. The summed E-state index contributed by atoms with van der Waals surface area (Å²) >= 11 is 6.00. The molecule has 1 aliphatic heterocycles. The number of amides is 1. The summed E-state index contributed by atoms with van der Waals surface area (Å²) in [6, 6.07) is 11.8. The molecule has 11 heteroatoms. The largest absolute Gasteiger partial charge is 1.00 e. The van der Waals surface area contributed by atoms with Crippen LogP contribution in [0, 0.1) is 17.0 Å². The number of carbonyl (C=O) groups is 1. The summed E-state index contributed by atoms with van der Waals surface area (Å²) in [5.41, 5.74) is 2.29. The zero-order valence-corrected chi connectivity index (χ0v) is 22.6. The standard InChI is InChI=1S/C23H26ClN2O6S.Na/c24-19-7-3-17(4-8-19)15-26(14-16-1-5-18(6-2-16)23(27)25-28)33(29,30)20-9-10-21-22(13-20)32-12-11-31-21;/h3-4,7-10,13,16,18H,1-2,5-6,11-12,14-15H2,(H-,25,27,28);/q-1;+1. The molecule has 0 aromatic heterocycles. The van der Waals surface area contributed by atoms with Gasteiger partial charge in [-0.3, -0.25) is 4.79 Å². The normalized spacial score (nSPS) is 19.9. The average molecular weight is 517 g/mol. The Morgan fingerprint density at radius 1 is 1.03 bits per heavy atom. The number of nitrogens with zero attached hydrogens (tertiary/aromatic N) is 1. The molecule has 1 fully saturated rings. The van der Waals surface area contributed by atoms with Gasteiger partial charge < -0.3 is 20.2 Å². The molecule has 1 N–H and O–H groups in total. The Labute approximate surface area is 226 Å². The van der Waals surface area contributed by atoms with Crippen LogP contribution in [0.4, 0.5) is 0 Å². The molecule has 0 unspecified atom stereocenters. The van der Waals surface area contributed by atoms with Gasteiger partial charge in [-0.05, 0) is 61.4 Å². The number of benzene rings is 2. The fraction of sp³-hybridized carbons (Fsp3) is 0.435. The van der Waals surface area contributed by atoms with Crippen LogP contribution >= 0.6 is 11.6 Å². The Morgan fingerprint density at radius 3 is 2.32 bits per heavy atom. The van der Waals surface area contributed by atoms with Crippen LogP contribution in [0.5, 0.6) is 11.5 Å².